The Morgan fingerprint density at radius 1 is 1.00 bits per heavy atom. The Morgan fingerprint density at radius 3 is 2.53 bits per heavy atom. The van der Waals surface area contributed by atoms with E-state index in [9.17, 15) is 4.79 Å². The van der Waals surface area contributed by atoms with Gasteiger partial charge in [0.15, 0.2) is 0 Å². The molecule has 1 aromatic heterocycles. The molecule has 0 fully saturated rings. The molecule has 0 unspecified atom stereocenters. The second-order valence-electron chi connectivity index (χ2n) is 7.11. The number of nitrogens with one attached hydrogen (secondary N) is 1. The second kappa shape index (κ2) is 9.46. The van der Waals surface area contributed by atoms with Crippen molar-refractivity contribution in [3.63, 3.8) is 0 Å². The maximum absolute atomic E-state index is 12.1. The molecule has 0 aliphatic heterocycles. The van der Waals surface area contributed by atoms with Crippen molar-refractivity contribution < 1.29 is 4.79 Å². The first-order valence-electron chi connectivity index (χ1n) is 9.82. The highest BCUT2D eigenvalue weighted by molar-refractivity contribution is 8.00. The lowest BCUT2D eigenvalue weighted by atomic mass is 10.2. The van der Waals surface area contributed by atoms with Gasteiger partial charge in [-0.15, -0.1) is 11.8 Å². The first kappa shape index (κ1) is 20.0. The molecule has 3 aromatic carbocycles. The summed E-state index contributed by atoms with van der Waals surface area (Å²) < 4.78 is 2.21. The fraction of sp³-hybridized carbons (Fsp3) is 0.120. The molecule has 0 saturated heterocycles. The van der Waals surface area contributed by atoms with Crippen LogP contribution < -0.4 is 5.43 Å². The number of rotatable bonds is 7. The standard InChI is InChI=1S/C25H23N3OS/c1-19-11-13-22(14-12-19)30-18-25(29)27-26-15-21-17-28(16-20-7-3-2-4-8-20)24-10-6-5-9-23(21)24/h2-15,17H,16,18H2,1H3,(H,27,29)/b26-15+. The average molecular weight is 414 g/mol. The number of hydrogen-bond acceptors (Lipinski definition) is 3. The molecule has 5 heteroatoms. The first-order valence-corrected chi connectivity index (χ1v) is 10.8. The predicted octanol–water partition coefficient (Wildman–Crippen LogP) is 5.24. The summed E-state index contributed by atoms with van der Waals surface area (Å²) in [5.41, 5.74) is 7.21. The third-order valence-corrected chi connectivity index (χ3v) is 5.81. The summed E-state index contributed by atoms with van der Waals surface area (Å²) in [6, 6.07) is 26.7. The van der Waals surface area contributed by atoms with Crippen molar-refractivity contribution in [2.24, 2.45) is 5.10 Å². The molecule has 1 N–H and O–H groups in total. The van der Waals surface area contributed by atoms with Gasteiger partial charge in [-0.05, 0) is 30.7 Å². The smallest absolute Gasteiger partial charge is 0.250 e. The maximum atomic E-state index is 12.1. The second-order valence-corrected chi connectivity index (χ2v) is 8.16. The molecule has 4 aromatic rings. The van der Waals surface area contributed by atoms with E-state index < -0.39 is 0 Å². The Balaban J connectivity index is 1.42. The van der Waals surface area contributed by atoms with Gasteiger partial charge in [0.05, 0.1) is 12.0 Å². The molecule has 0 radical (unpaired) electrons. The van der Waals surface area contributed by atoms with E-state index in [1.807, 2.05) is 61.5 Å². The van der Waals surface area contributed by atoms with E-state index in [0.717, 1.165) is 27.9 Å². The number of carbonyl (C=O) groups excluding carboxylic acids is 1. The number of hydrazone groups is 1. The molecule has 0 bridgehead atoms. The van der Waals surface area contributed by atoms with Crippen molar-refractivity contribution in [2.75, 3.05) is 5.75 Å². The number of benzene rings is 3. The van der Waals surface area contributed by atoms with Gasteiger partial charge >= 0.3 is 0 Å². The largest absolute Gasteiger partial charge is 0.342 e. The lowest BCUT2D eigenvalue weighted by Crippen LogP contribution is -2.19. The SMILES string of the molecule is Cc1ccc(SCC(=O)N/N=C/c2cn(Cc3ccccc3)c3ccccc23)cc1. The van der Waals surface area contributed by atoms with Crippen LogP contribution in [0, 0.1) is 6.92 Å². The van der Waals surface area contributed by atoms with Crippen LogP contribution in [0.4, 0.5) is 0 Å². The molecule has 0 aliphatic carbocycles. The Bertz CT molecular complexity index is 1160. The highest BCUT2D eigenvalue weighted by Gasteiger charge is 2.07. The van der Waals surface area contributed by atoms with Gasteiger partial charge in [0.2, 0.25) is 5.91 Å². The number of amides is 1. The zero-order valence-electron chi connectivity index (χ0n) is 16.8. The van der Waals surface area contributed by atoms with Gasteiger partial charge in [0.1, 0.15) is 0 Å². The molecule has 1 heterocycles. The third-order valence-electron chi connectivity index (χ3n) is 4.80. The van der Waals surface area contributed by atoms with Crippen molar-refractivity contribution in [3.8, 4) is 0 Å². The van der Waals surface area contributed by atoms with Crippen LogP contribution in [0.5, 0.6) is 0 Å². The average Bonchev–Trinajstić information content (AvgIpc) is 3.12. The van der Waals surface area contributed by atoms with Gasteiger partial charge in [-0.2, -0.15) is 5.10 Å². The van der Waals surface area contributed by atoms with Crippen LogP contribution in [0.25, 0.3) is 10.9 Å². The van der Waals surface area contributed by atoms with Gasteiger partial charge in [-0.3, -0.25) is 4.79 Å². The molecular weight excluding hydrogens is 390 g/mol. The summed E-state index contributed by atoms with van der Waals surface area (Å²) in [5, 5.41) is 5.30. The van der Waals surface area contributed by atoms with Crippen LogP contribution in [0.15, 0.2) is 95.1 Å². The fourth-order valence-corrected chi connectivity index (χ4v) is 3.97. The third kappa shape index (κ3) is 4.99. The molecule has 4 rings (SSSR count). The molecule has 0 aliphatic rings. The first-order chi connectivity index (χ1) is 14.7. The maximum Gasteiger partial charge on any atom is 0.250 e. The number of hydrogen-bond donors (Lipinski definition) is 1. The Hall–Kier alpha value is -3.31. The van der Waals surface area contributed by atoms with E-state index >= 15 is 0 Å². The van der Waals surface area contributed by atoms with E-state index in [4.69, 9.17) is 0 Å². The highest BCUT2D eigenvalue weighted by Crippen LogP contribution is 2.21. The van der Waals surface area contributed by atoms with Crippen LogP contribution in [0.3, 0.4) is 0 Å². The predicted molar refractivity (Wildman–Crippen MR) is 125 cm³/mol. The summed E-state index contributed by atoms with van der Waals surface area (Å²) in [6.07, 6.45) is 3.80. The fourth-order valence-electron chi connectivity index (χ4n) is 3.28. The number of aromatic nitrogens is 1. The van der Waals surface area contributed by atoms with Crippen LogP contribution >= 0.6 is 11.8 Å². The number of nitrogens with zero attached hydrogens (tertiary/aromatic N) is 2. The summed E-state index contributed by atoms with van der Waals surface area (Å²) in [6.45, 7) is 2.83. The molecule has 150 valence electrons. The molecule has 0 spiro atoms. The monoisotopic (exact) mass is 413 g/mol. The van der Waals surface area contributed by atoms with E-state index in [1.54, 1.807) is 6.21 Å². The molecule has 1 amide bonds. The minimum Gasteiger partial charge on any atom is -0.342 e. The molecule has 0 atom stereocenters. The van der Waals surface area contributed by atoms with Gasteiger partial charge in [0, 0.05) is 34.1 Å². The van der Waals surface area contributed by atoms with Crippen LogP contribution in [-0.2, 0) is 11.3 Å². The minimum atomic E-state index is -0.121. The van der Waals surface area contributed by atoms with Crippen molar-refractivity contribution in [1.82, 2.24) is 9.99 Å². The topological polar surface area (TPSA) is 46.4 Å². The van der Waals surface area contributed by atoms with Gasteiger partial charge in [-0.1, -0.05) is 66.2 Å². The van der Waals surface area contributed by atoms with Gasteiger partial charge in [0.25, 0.3) is 0 Å². The normalized spacial score (nSPS) is 11.2. The van der Waals surface area contributed by atoms with Crippen molar-refractivity contribution in [2.45, 2.75) is 18.4 Å². The van der Waals surface area contributed by atoms with Crippen LogP contribution in [-0.4, -0.2) is 22.4 Å². The Morgan fingerprint density at radius 2 is 1.73 bits per heavy atom. The van der Waals surface area contributed by atoms with Gasteiger partial charge in [-0.25, -0.2) is 5.43 Å². The van der Waals surface area contributed by atoms with E-state index in [2.05, 4.69) is 45.6 Å². The Kier molecular flexibility index (Phi) is 6.30. The summed E-state index contributed by atoms with van der Waals surface area (Å²) in [7, 11) is 0. The molecular formula is C25H23N3OS. The highest BCUT2D eigenvalue weighted by atomic mass is 32.2. The zero-order chi connectivity index (χ0) is 20.8. The van der Waals surface area contributed by atoms with Crippen molar-refractivity contribution in [3.05, 3.63) is 102 Å². The lowest BCUT2D eigenvalue weighted by molar-refractivity contribution is -0.118. The van der Waals surface area contributed by atoms with Crippen LogP contribution in [0.1, 0.15) is 16.7 Å². The quantitative estimate of drug-likeness (QED) is 0.256. The number of thioether (sulfide) groups is 1. The van der Waals surface area contributed by atoms with E-state index in [1.165, 1.54) is 22.9 Å². The van der Waals surface area contributed by atoms with Crippen molar-refractivity contribution in [1.29, 1.82) is 0 Å². The molecule has 4 nitrogen and oxygen atoms in total. The number of para-hydroxylation sites is 1. The zero-order valence-corrected chi connectivity index (χ0v) is 17.6. The summed E-state index contributed by atoms with van der Waals surface area (Å²) in [4.78, 5) is 13.2. The lowest BCUT2D eigenvalue weighted by Gasteiger charge is -2.05. The van der Waals surface area contributed by atoms with Crippen LogP contribution in [0.2, 0.25) is 0 Å². The number of aryl methyl sites for hydroxylation is 1. The van der Waals surface area contributed by atoms with Crippen molar-refractivity contribution >= 4 is 34.8 Å². The molecule has 30 heavy (non-hydrogen) atoms. The van der Waals surface area contributed by atoms with E-state index in [-0.39, 0.29) is 5.91 Å². The number of fused-ring (bicyclic) bond motifs is 1. The Labute approximate surface area is 180 Å². The number of carbonyl (C=O) groups is 1. The summed E-state index contributed by atoms with van der Waals surface area (Å²) >= 11 is 1.50. The van der Waals surface area contributed by atoms with E-state index in [0.29, 0.717) is 5.75 Å². The summed E-state index contributed by atoms with van der Waals surface area (Å²) in [5.74, 6) is 0.209. The molecule has 0 saturated carbocycles. The van der Waals surface area contributed by atoms with Gasteiger partial charge < -0.3 is 4.57 Å². The minimum absolute atomic E-state index is 0.121.